The Morgan fingerprint density at radius 3 is 1.86 bits per heavy atom. The van der Waals surface area contributed by atoms with Crippen LogP contribution in [0.4, 0.5) is 13.2 Å². The van der Waals surface area contributed by atoms with Crippen molar-refractivity contribution in [3.05, 3.63) is 0 Å². The van der Waals surface area contributed by atoms with E-state index in [2.05, 4.69) is 0 Å². The average Bonchev–Trinajstić information content (AvgIpc) is 2.50. The third kappa shape index (κ3) is 3.00. The van der Waals surface area contributed by atoms with E-state index in [0.717, 1.165) is 39.0 Å². The van der Waals surface area contributed by atoms with Crippen LogP contribution in [0.15, 0.2) is 0 Å². The van der Waals surface area contributed by atoms with Crippen LogP contribution in [0.5, 0.6) is 0 Å². The summed E-state index contributed by atoms with van der Waals surface area (Å²) >= 11 is 0. The molecule has 3 atom stereocenters. The summed E-state index contributed by atoms with van der Waals surface area (Å²) in [4.78, 5) is 12.7. The lowest BCUT2D eigenvalue weighted by Gasteiger charge is -2.68. The molecule has 4 fully saturated rings. The summed E-state index contributed by atoms with van der Waals surface area (Å²) in [6, 6.07) is 0. The zero-order valence-electron chi connectivity index (χ0n) is 18.0. The number of carbonyl (C=O) groups is 1. The Morgan fingerprint density at radius 2 is 1.46 bits per heavy atom. The molecule has 162 valence electrons. The van der Waals surface area contributed by atoms with Crippen molar-refractivity contribution in [1.29, 1.82) is 0 Å². The molecule has 0 spiro atoms. The van der Waals surface area contributed by atoms with Crippen LogP contribution in [0.1, 0.15) is 86.5 Å². The number of carbonyl (C=O) groups excluding carboxylic acids is 1. The number of esters is 1. The minimum Gasteiger partial charge on any atom is -0.458 e. The molecule has 4 saturated carbocycles. The largest absolute Gasteiger partial charge is 0.458 e. The van der Waals surface area contributed by atoms with Gasteiger partial charge in [0, 0.05) is 5.41 Å². The zero-order chi connectivity index (χ0) is 21.4. The second-order valence-corrected chi connectivity index (χ2v) is 11.2. The second kappa shape index (κ2) is 6.12. The number of aliphatic hydroxyl groups is 1. The summed E-state index contributed by atoms with van der Waals surface area (Å²) in [6.45, 7) is 9.57. The topological polar surface area (TPSA) is 46.5 Å². The van der Waals surface area contributed by atoms with Crippen molar-refractivity contribution in [2.45, 2.75) is 104 Å². The molecule has 1 N–H and O–H groups in total. The molecule has 0 aromatic heterocycles. The molecule has 4 rings (SSSR count). The first-order valence-corrected chi connectivity index (χ1v) is 10.5. The summed E-state index contributed by atoms with van der Waals surface area (Å²) in [5.41, 5.74) is -5.01. The Kier molecular flexibility index (Phi) is 4.79. The Labute approximate surface area is 166 Å². The molecule has 0 amide bonds. The van der Waals surface area contributed by atoms with Gasteiger partial charge in [0.05, 0.1) is 5.60 Å². The maximum absolute atomic E-state index is 13.6. The first-order valence-electron chi connectivity index (χ1n) is 10.5. The molecule has 0 saturated heterocycles. The van der Waals surface area contributed by atoms with Gasteiger partial charge >= 0.3 is 12.1 Å². The summed E-state index contributed by atoms with van der Waals surface area (Å²) in [6.07, 6.45) is 0.432. The number of ether oxygens (including phenoxy) is 1. The molecule has 0 aliphatic heterocycles. The number of alkyl halides is 3. The molecule has 0 aromatic carbocycles. The van der Waals surface area contributed by atoms with Crippen LogP contribution >= 0.6 is 0 Å². The van der Waals surface area contributed by atoms with Crippen LogP contribution in [-0.2, 0) is 9.53 Å². The van der Waals surface area contributed by atoms with Gasteiger partial charge in [-0.05, 0) is 96.8 Å². The predicted molar refractivity (Wildman–Crippen MR) is 100 cm³/mol. The lowest BCUT2D eigenvalue weighted by Crippen LogP contribution is -2.65. The van der Waals surface area contributed by atoms with Crippen molar-refractivity contribution in [3.8, 4) is 0 Å². The standard InChI is InChI=1S/C22H35F3O3/c1-7-19(6,22(23,24)25)16(26)28-18(4,5)21-11-14-8-15(12-21)10-20(9-14,13-21)17(2,3)27/h14-15,27H,7-13H2,1-6H3. The van der Waals surface area contributed by atoms with Gasteiger partial charge in [0.1, 0.15) is 5.60 Å². The van der Waals surface area contributed by atoms with E-state index < -0.39 is 28.8 Å². The first kappa shape index (κ1) is 21.9. The molecule has 0 radical (unpaired) electrons. The zero-order valence-corrected chi connectivity index (χ0v) is 18.0. The van der Waals surface area contributed by atoms with Crippen molar-refractivity contribution in [1.82, 2.24) is 0 Å². The summed E-state index contributed by atoms with van der Waals surface area (Å²) in [7, 11) is 0. The van der Waals surface area contributed by atoms with E-state index in [1.807, 2.05) is 13.8 Å². The maximum Gasteiger partial charge on any atom is 0.404 e. The fraction of sp³-hybridized carbons (Fsp3) is 0.955. The van der Waals surface area contributed by atoms with E-state index >= 15 is 0 Å². The van der Waals surface area contributed by atoms with Gasteiger partial charge in [-0.2, -0.15) is 13.2 Å². The monoisotopic (exact) mass is 404 g/mol. The van der Waals surface area contributed by atoms with E-state index in [9.17, 15) is 23.1 Å². The van der Waals surface area contributed by atoms with Gasteiger partial charge in [0.25, 0.3) is 0 Å². The van der Waals surface area contributed by atoms with Crippen molar-refractivity contribution >= 4 is 5.97 Å². The van der Waals surface area contributed by atoms with Gasteiger partial charge in [-0.15, -0.1) is 0 Å². The van der Waals surface area contributed by atoms with Gasteiger partial charge < -0.3 is 9.84 Å². The minimum atomic E-state index is -4.65. The minimum absolute atomic E-state index is 0.251. The van der Waals surface area contributed by atoms with E-state index in [4.69, 9.17) is 4.74 Å². The molecule has 3 unspecified atom stereocenters. The molecular formula is C22H35F3O3. The lowest BCUT2D eigenvalue weighted by molar-refractivity contribution is -0.264. The fourth-order valence-corrected chi connectivity index (χ4v) is 6.60. The Balaban J connectivity index is 1.92. The van der Waals surface area contributed by atoms with Crippen LogP contribution in [-0.4, -0.2) is 28.5 Å². The molecule has 0 aromatic rings. The van der Waals surface area contributed by atoms with Gasteiger partial charge in [0.15, 0.2) is 5.41 Å². The second-order valence-electron chi connectivity index (χ2n) is 11.2. The highest BCUT2D eigenvalue weighted by Crippen LogP contribution is 2.71. The highest BCUT2D eigenvalue weighted by Gasteiger charge is 2.67. The van der Waals surface area contributed by atoms with Crippen LogP contribution in [0, 0.1) is 28.1 Å². The molecule has 6 heteroatoms. The van der Waals surface area contributed by atoms with Crippen LogP contribution in [0.2, 0.25) is 0 Å². The SMILES string of the molecule is CCC(C)(C(=O)OC(C)(C)C12CC3CC(CC(C(C)(C)O)(C3)C1)C2)C(F)(F)F. The number of hydrogen-bond acceptors (Lipinski definition) is 3. The van der Waals surface area contributed by atoms with Crippen LogP contribution in [0.25, 0.3) is 0 Å². The quantitative estimate of drug-likeness (QED) is 0.603. The normalized spacial score (nSPS) is 37.6. The maximum atomic E-state index is 13.6. The van der Waals surface area contributed by atoms with Gasteiger partial charge in [-0.3, -0.25) is 4.79 Å². The van der Waals surface area contributed by atoms with Crippen molar-refractivity contribution < 1.29 is 27.8 Å². The summed E-state index contributed by atoms with van der Waals surface area (Å²) in [5.74, 6) is -0.308. The average molecular weight is 405 g/mol. The third-order valence-electron chi connectivity index (χ3n) is 8.77. The molecule has 28 heavy (non-hydrogen) atoms. The molecule has 3 nitrogen and oxygen atoms in total. The predicted octanol–water partition coefficient (Wildman–Crippen LogP) is 5.64. The van der Waals surface area contributed by atoms with Crippen LogP contribution < -0.4 is 0 Å². The van der Waals surface area contributed by atoms with Crippen molar-refractivity contribution in [2.24, 2.45) is 28.1 Å². The number of halogens is 3. The first-order chi connectivity index (χ1) is 12.5. The fourth-order valence-electron chi connectivity index (χ4n) is 6.60. The van der Waals surface area contributed by atoms with Gasteiger partial charge in [-0.1, -0.05) is 6.92 Å². The number of rotatable bonds is 5. The Bertz CT molecular complexity index is 632. The third-order valence-corrected chi connectivity index (χ3v) is 8.77. The number of hydrogen-bond donors (Lipinski definition) is 1. The summed E-state index contributed by atoms with van der Waals surface area (Å²) in [5, 5.41) is 11.0. The Morgan fingerprint density at radius 1 is 1.00 bits per heavy atom. The summed E-state index contributed by atoms with van der Waals surface area (Å²) < 4.78 is 46.4. The molecule has 4 aliphatic carbocycles. The Hall–Kier alpha value is -0.780. The molecule has 4 aliphatic rings. The van der Waals surface area contributed by atoms with Gasteiger partial charge in [0.2, 0.25) is 0 Å². The van der Waals surface area contributed by atoms with Crippen molar-refractivity contribution in [3.63, 3.8) is 0 Å². The molecular weight excluding hydrogens is 369 g/mol. The van der Waals surface area contributed by atoms with E-state index in [0.29, 0.717) is 18.3 Å². The van der Waals surface area contributed by atoms with E-state index in [1.54, 1.807) is 13.8 Å². The smallest absolute Gasteiger partial charge is 0.404 e. The van der Waals surface area contributed by atoms with Gasteiger partial charge in [-0.25, -0.2) is 0 Å². The van der Waals surface area contributed by atoms with Crippen molar-refractivity contribution in [2.75, 3.05) is 0 Å². The lowest BCUT2D eigenvalue weighted by atomic mass is 9.38. The molecule has 4 bridgehead atoms. The van der Waals surface area contributed by atoms with E-state index in [-0.39, 0.29) is 17.3 Å². The highest BCUT2D eigenvalue weighted by molar-refractivity contribution is 5.77. The molecule has 0 heterocycles. The van der Waals surface area contributed by atoms with Crippen LogP contribution in [0.3, 0.4) is 0 Å². The van der Waals surface area contributed by atoms with E-state index in [1.165, 1.54) is 6.92 Å². The highest BCUT2D eigenvalue weighted by atomic mass is 19.4.